The highest BCUT2D eigenvalue weighted by Crippen LogP contribution is 2.40. The van der Waals surface area contributed by atoms with E-state index in [0.29, 0.717) is 19.4 Å². The Morgan fingerprint density at radius 1 is 0.745 bits per heavy atom. The zero-order valence-corrected chi connectivity index (χ0v) is 27.4. The van der Waals surface area contributed by atoms with Crippen LogP contribution in [0.4, 0.5) is 0 Å². The first kappa shape index (κ1) is 34.4. The first-order valence-electron chi connectivity index (χ1n) is 16.3. The van der Waals surface area contributed by atoms with E-state index in [4.69, 9.17) is 14.6 Å². The van der Waals surface area contributed by atoms with Crippen molar-refractivity contribution in [2.45, 2.75) is 81.5 Å². The fourth-order valence-corrected chi connectivity index (χ4v) is 6.57. The van der Waals surface area contributed by atoms with Gasteiger partial charge in [0.25, 0.3) is 0 Å². The van der Waals surface area contributed by atoms with E-state index >= 15 is 0 Å². The number of carboxylic acid groups (broad SMARTS) is 1. The Morgan fingerprint density at radius 2 is 1.47 bits per heavy atom. The van der Waals surface area contributed by atoms with Crippen LogP contribution < -0.4 is 5.32 Å². The van der Waals surface area contributed by atoms with Gasteiger partial charge in [0.2, 0.25) is 5.91 Å². The average molecular weight is 654 g/mol. The molecule has 0 radical (unpaired) electrons. The first-order chi connectivity index (χ1) is 23.0. The predicted octanol–water partition coefficient (Wildman–Crippen LogP) is 8.23. The molecule has 4 aromatic carbocycles. The van der Waals surface area contributed by atoms with Gasteiger partial charge in [-0.05, 0) is 58.9 Å². The van der Waals surface area contributed by atoms with Crippen LogP contribution in [-0.4, -0.2) is 33.9 Å². The Labute approximate surface area is 281 Å². The highest BCUT2D eigenvalue weighted by atomic mass is 32.2. The molecule has 47 heavy (non-hydrogen) atoms. The summed E-state index contributed by atoms with van der Waals surface area (Å²) >= 11 is 1.78. The second-order valence-corrected chi connectivity index (χ2v) is 13.0. The summed E-state index contributed by atoms with van der Waals surface area (Å²) in [5.41, 5.74) is 6.04. The summed E-state index contributed by atoms with van der Waals surface area (Å²) in [5.74, 6) is 0.0452. The monoisotopic (exact) mass is 653 g/mol. The molecule has 7 nitrogen and oxygen atoms in total. The summed E-state index contributed by atoms with van der Waals surface area (Å²) in [7, 11) is 0. The van der Waals surface area contributed by atoms with Crippen molar-refractivity contribution in [2.75, 3.05) is 5.75 Å². The average Bonchev–Trinajstić information content (AvgIpc) is 3.11. The van der Waals surface area contributed by atoms with Crippen LogP contribution in [0, 0.1) is 0 Å². The van der Waals surface area contributed by atoms with Gasteiger partial charge in [-0.1, -0.05) is 97.8 Å². The summed E-state index contributed by atoms with van der Waals surface area (Å²) < 4.78 is 13.1. The Bertz CT molecular complexity index is 1560. The maximum Gasteiger partial charge on any atom is 0.303 e. The lowest BCUT2D eigenvalue weighted by atomic mass is 9.99. The molecule has 8 heteroatoms. The normalized spacial score (nSPS) is 17.7. The van der Waals surface area contributed by atoms with E-state index in [1.807, 2.05) is 54.6 Å². The largest absolute Gasteiger partial charge is 0.481 e. The molecule has 4 aromatic rings. The highest BCUT2D eigenvalue weighted by molar-refractivity contribution is 7.99. The second kappa shape index (κ2) is 17.8. The van der Waals surface area contributed by atoms with Crippen LogP contribution in [0.15, 0.2) is 108 Å². The molecular weight excluding hydrogens is 610 g/mol. The quantitative estimate of drug-likeness (QED) is 0.0827. The molecule has 0 bridgehead atoms. The van der Waals surface area contributed by atoms with Crippen LogP contribution in [0.1, 0.15) is 79.6 Å². The van der Waals surface area contributed by atoms with Crippen LogP contribution in [0.3, 0.4) is 0 Å². The van der Waals surface area contributed by atoms with Crippen molar-refractivity contribution >= 4 is 23.6 Å². The predicted molar refractivity (Wildman–Crippen MR) is 185 cm³/mol. The number of amides is 1. The van der Waals surface area contributed by atoms with Gasteiger partial charge in [-0.15, -0.1) is 11.8 Å². The van der Waals surface area contributed by atoms with Gasteiger partial charge < -0.3 is 25.0 Å². The van der Waals surface area contributed by atoms with Gasteiger partial charge in [-0.2, -0.15) is 0 Å². The van der Waals surface area contributed by atoms with Gasteiger partial charge >= 0.3 is 5.97 Å². The zero-order valence-electron chi connectivity index (χ0n) is 26.6. The number of hydrogen-bond acceptors (Lipinski definition) is 6. The number of thioether (sulfide) groups is 1. The number of unbranched alkanes of at least 4 members (excludes halogenated alkanes) is 3. The van der Waals surface area contributed by atoms with Crippen LogP contribution in [-0.2, 0) is 32.2 Å². The molecule has 1 heterocycles. The van der Waals surface area contributed by atoms with E-state index in [0.717, 1.165) is 64.8 Å². The Kier molecular flexibility index (Phi) is 13.0. The van der Waals surface area contributed by atoms with Crippen LogP contribution in [0.5, 0.6) is 0 Å². The van der Waals surface area contributed by atoms with Crippen LogP contribution >= 0.6 is 11.8 Å². The van der Waals surface area contributed by atoms with E-state index in [1.165, 1.54) is 4.90 Å². The Hall–Kier alpha value is -3.95. The molecule has 1 saturated heterocycles. The SMILES string of the molecule is O=C(O)CCCCCCC(=O)NCc1cccc(-c2ccc([C@H]3O[C@@H](CSc4ccccc4)C[C@@H](c4ccc(CO)cc4)O3)cc2)c1. The topological polar surface area (TPSA) is 105 Å². The maximum atomic E-state index is 12.3. The molecule has 1 amide bonds. The van der Waals surface area contributed by atoms with Crippen LogP contribution in [0.2, 0.25) is 0 Å². The summed E-state index contributed by atoms with van der Waals surface area (Å²) in [6.45, 7) is 0.465. The molecular formula is C39H43NO6S. The molecule has 246 valence electrons. The third-order valence-electron chi connectivity index (χ3n) is 8.27. The van der Waals surface area contributed by atoms with Crippen molar-refractivity contribution in [1.82, 2.24) is 5.32 Å². The molecule has 1 aliphatic heterocycles. The number of carbonyl (C=O) groups is 2. The molecule has 1 aliphatic rings. The Morgan fingerprint density at radius 3 is 2.19 bits per heavy atom. The van der Waals surface area contributed by atoms with E-state index < -0.39 is 12.3 Å². The molecule has 3 N–H and O–H groups in total. The number of aliphatic hydroxyl groups is 1. The maximum absolute atomic E-state index is 12.3. The van der Waals surface area contributed by atoms with Crippen molar-refractivity contribution in [3.63, 3.8) is 0 Å². The van der Waals surface area contributed by atoms with E-state index in [1.54, 1.807) is 11.8 Å². The number of carboxylic acids is 1. The molecule has 0 saturated carbocycles. The summed E-state index contributed by atoms with van der Waals surface area (Å²) in [5, 5.41) is 21.2. The number of ether oxygens (including phenoxy) is 2. The van der Waals surface area contributed by atoms with Gasteiger partial charge in [0.15, 0.2) is 6.29 Å². The number of aliphatic hydroxyl groups excluding tert-OH is 1. The summed E-state index contributed by atoms with van der Waals surface area (Å²) in [4.78, 5) is 24.2. The lowest BCUT2D eigenvalue weighted by molar-refractivity contribution is -0.245. The van der Waals surface area contributed by atoms with Crippen molar-refractivity contribution in [2.24, 2.45) is 0 Å². The Balaban J connectivity index is 1.19. The van der Waals surface area contributed by atoms with E-state index in [9.17, 15) is 14.7 Å². The second-order valence-electron chi connectivity index (χ2n) is 11.9. The first-order valence-corrected chi connectivity index (χ1v) is 17.3. The van der Waals surface area contributed by atoms with Crippen molar-refractivity contribution < 1.29 is 29.3 Å². The van der Waals surface area contributed by atoms with Crippen molar-refractivity contribution in [3.8, 4) is 11.1 Å². The third kappa shape index (κ3) is 10.8. The van der Waals surface area contributed by atoms with Gasteiger partial charge in [0.05, 0.1) is 18.8 Å². The third-order valence-corrected chi connectivity index (χ3v) is 9.42. The number of carbonyl (C=O) groups excluding carboxylic acids is 1. The van der Waals surface area contributed by atoms with Crippen LogP contribution in [0.25, 0.3) is 11.1 Å². The van der Waals surface area contributed by atoms with E-state index in [2.05, 4.69) is 53.8 Å². The van der Waals surface area contributed by atoms with Gasteiger partial charge in [-0.25, -0.2) is 0 Å². The fraction of sp³-hybridized carbons (Fsp3) is 0.333. The number of nitrogens with one attached hydrogen (secondary N) is 1. The van der Waals surface area contributed by atoms with Crippen molar-refractivity contribution in [3.05, 3.63) is 125 Å². The standard InChI is InChI=1S/C39H43NO6S/c41-26-28-15-17-31(18-16-28)36-24-34(27-47-35-11-4-3-5-12-35)45-39(46-36)32-21-19-30(20-22-32)33-10-8-9-29(23-33)25-40-37(42)13-6-1-2-7-14-38(43)44/h3-5,8-12,15-23,34,36,39,41H,1-2,6-7,13-14,24-27H2,(H,40,42)(H,43,44)/t34-,36+,39+/m1/s1. The number of benzene rings is 4. The molecule has 5 rings (SSSR count). The zero-order chi connectivity index (χ0) is 32.8. The number of rotatable bonds is 16. The molecule has 3 atom stereocenters. The molecule has 1 fully saturated rings. The minimum absolute atomic E-state index is 0.00795. The van der Waals surface area contributed by atoms with Gasteiger partial charge in [-0.3, -0.25) is 9.59 Å². The summed E-state index contributed by atoms with van der Waals surface area (Å²) in [6, 6.07) is 34.7. The molecule has 0 aromatic heterocycles. The fourth-order valence-electron chi connectivity index (χ4n) is 5.63. The highest BCUT2D eigenvalue weighted by Gasteiger charge is 2.32. The van der Waals surface area contributed by atoms with Gasteiger partial charge in [0.1, 0.15) is 0 Å². The van der Waals surface area contributed by atoms with E-state index in [-0.39, 0.29) is 31.1 Å². The minimum atomic E-state index is -0.772. The summed E-state index contributed by atoms with van der Waals surface area (Å²) in [6.07, 6.45) is 3.81. The van der Waals surface area contributed by atoms with Crippen molar-refractivity contribution in [1.29, 1.82) is 0 Å². The smallest absolute Gasteiger partial charge is 0.303 e. The minimum Gasteiger partial charge on any atom is -0.481 e. The van der Waals surface area contributed by atoms with Gasteiger partial charge in [0, 0.05) is 42.0 Å². The molecule has 0 aliphatic carbocycles. The lowest BCUT2D eigenvalue weighted by Gasteiger charge is -2.36. The number of hydrogen-bond donors (Lipinski definition) is 3. The number of aliphatic carboxylic acids is 1. The molecule has 0 unspecified atom stereocenters. The lowest BCUT2D eigenvalue weighted by Crippen LogP contribution is -2.31. The molecule has 0 spiro atoms.